The van der Waals surface area contributed by atoms with Gasteiger partial charge in [-0.25, -0.2) is 4.39 Å². The summed E-state index contributed by atoms with van der Waals surface area (Å²) in [4.78, 5) is 0. The molecule has 2 saturated heterocycles. The molecule has 2 fully saturated rings. The van der Waals surface area contributed by atoms with E-state index in [2.05, 4.69) is 19.2 Å². The summed E-state index contributed by atoms with van der Waals surface area (Å²) >= 11 is 0. The third-order valence-corrected chi connectivity index (χ3v) is 3.48. The summed E-state index contributed by atoms with van der Waals surface area (Å²) in [5, 5.41) is 3.35. The first-order valence-corrected chi connectivity index (χ1v) is 5.08. The molecule has 1 nitrogen and oxygen atoms in total. The van der Waals surface area contributed by atoms with Crippen LogP contribution in [-0.4, -0.2) is 18.3 Å². The molecule has 0 aromatic heterocycles. The highest BCUT2D eigenvalue weighted by Crippen LogP contribution is 2.36. The van der Waals surface area contributed by atoms with Crippen LogP contribution in [0.5, 0.6) is 0 Å². The number of hydrogen-bond donors (Lipinski definition) is 1. The van der Waals surface area contributed by atoms with E-state index in [4.69, 9.17) is 0 Å². The van der Waals surface area contributed by atoms with E-state index in [1.165, 1.54) is 6.42 Å². The van der Waals surface area contributed by atoms with Crippen molar-refractivity contribution in [2.24, 2.45) is 11.8 Å². The highest BCUT2D eigenvalue weighted by atomic mass is 19.1. The van der Waals surface area contributed by atoms with E-state index in [1.54, 1.807) is 0 Å². The maximum Gasteiger partial charge on any atom is 0.118 e. The Morgan fingerprint density at radius 3 is 2.75 bits per heavy atom. The Labute approximate surface area is 73.7 Å². The van der Waals surface area contributed by atoms with Crippen LogP contribution in [0.1, 0.15) is 33.1 Å². The zero-order valence-corrected chi connectivity index (χ0v) is 7.89. The van der Waals surface area contributed by atoms with E-state index in [9.17, 15) is 4.39 Å². The molecule has 0 saturated carbocycles. The Hall–Kier alpha value is -0.110. The second-order valence-corrected chi connectivity index (χ2v) is 4.64. The predicted molar refractivity (Wildman–Crippen MR) is 47.8 cm³/mol. The first-order valence-electron chi connectivity index (χ1n) is 5.08. The Morgan fingerprint density at radius 2 is 2.08 bits per heavy atom. The number of nitrogens with one attached hydrogen (secondary N) is 1. The zero-order valence-electron chi connectivity index (χ0n) is 7.89. The molecule has 4 unspecified atom stereocenters. The maximum absolute atomic E-state index is 13.7. The maximum atomic E-state index is 13.7. The number of alkyl halides is 1. The fourth-order valence-corrected chi connectivity index (χ4v) is 2.68. The van der Waals surface area contributed by atoms with E-state index in [0.717, 1.165) is 12.8 Å². The van der Waals surface area contributed by atoms with Crippen molar-refractivity contribution in [3.8, 4) is 0 Å². The van der Waals surface area contributed by atoms with Gasteiger partial charge in [-0.1, -0.05) is 13.8 Å². The van der Waals surface area contributed by atoms with Gasteiger partial charge in [0.05, 0.1) is 0 Å². The molecule has 2 bridgehead atoms. The lowest BCUT2D eigenvalue weighted by atomic mass is 9.82. The van der Waals surface area contributed by atoms with Gasteiger partial charge in [-0.15, -0.1) is 0 Å². The molecule has 2 aliphatic heterocycles. The lowest BCUT2D eigenvalue weighted by molar-refractivity contribution is 0.0999. The molecule has 0 amide bonds. The highest BCUT2D eigenvalue weighted by molar-refractivity contribution is 4.98. The standard InChI is InChI=1S/C10H18FN/c1-6(2)8-5-7-3-4-9(12-7)10(8)11/h6-10,12H,3-5H2,1-2H3. The van der Waals surface area contributed by atoms with Gasteiger partial charge >= 0.3 is 0 Å². The smallest absolute Gasteiger partial charge is 0.118 e. The summed E-state index contributed by atoms with van der Waals surface area (Å²) in [5.41, 5.74) is 0. The number of hydrogen-bond acceptors (Lipinski definition) is 1. The number of halogens is 1. The zero-order chi connectivity index (χ0) is 8.72. The molecule has 2 heteroatoms. The van der Waals surface area contributed by atoms with Gasteiger partial charge in [0.15, 0.2) is 0 Å². The quantitative estimate of drug-likeness (QED) is 0.637. The Bertz CT molecular complexity index is 169. The van der Waals surface area contributed by atoms with Gasteiger partial charge in [0.2, 0.25) is 0 Å². The summed E-state index contributed by atoms with van der Waals surface area (Å²) in [6.45, 7) is 4.28. The molecule has 0 aliphatic carbocycles. The molecular formula is C10H18FN. The van der Waals surface area contributed by atoms with Crippen LogP contribution in [0.2, 0.25) is 0 Å². The second-order valence-electron chi connectivity index (χ2n) is 4.64. The van der Waals surface area contributed by atoms with Crippen LogP contribution in [0.3, 0.4) is 0 Å². The van der Waals surface area contributed by atoms with Crippen molar-refractivity contribution in [2.45, 2.75) is 51.4 Å². The van der Waals surface area contributed by atoms with Gasteiger partial charge in [0.25, 0.3) is 0 Å². The molecular weight excluding hydrogens is 153 g/mol. The van der Waals surface area contributed by atoms with Crippen molar-refractivity contribution in [3.63, 3.8) is 0 Å². The van der Waals surface area contributed by atoms with Gasteiger partial charge in [0.1, 0.15) is 6.17 Å². The third-order valence-electron chi connectivity index (χ3n) is 3.48. The molecule has 4 atom stereocenters. The number of rotatable bonds is 1. The van der Waals surface area contributed by atoms with Crippen LogP contribution in [0.15, 0.2) is 0 Å². The van der Waals surface area contributed by atoms with Gasteiger partial charge < -0.3 is 5.32 Å². The number of fused-ring (bicyclic) bond motifs is 2. The van der Waals surface area contributed by atoms with Crippen LogP contribution in [0.4, 0.5) is 4.39 Å². The SMILES string of the molecule is CC(C)C1CC2CCC(N2)C1F. The molecule has 12 heavy (non-hydrogen) atoms. The van der Waals surface area contributed by atoms with Crippen molar-refractivity contribution in [1.29, 1.82) is 0 Å². The third kappa shape index (κ3) is 1.26. The summed E-state index contributed by atoms with van der Waals surface area (Å²) in [7, 11) is 0. The Balaban J connectivity index is 2.07. The van der Waals surface area contributed by atoms with Gasteiger partial charge in [-0.2, -0.15) is 0 Å². The van der Waals surface area contributed by atoms with E-state index in [1.807, 2.05) is 0 Å². The Kier molecular flexibility index (Phi) is 2.11. The normalized spacial score (nSPS) is 47.0. The van der Waals surface area contributed by atoms with Gasteiger partial charge in [-0.05, 0) is 31.1 Å². The first-order chi connectivity index (χ1) is 5.68. The van der Waals surface area contributed by atoms with E-state index in [0.29, 0.717) is 17.9 Å². The van der Waals surface area contributed by atoms with Crippen LogP contribution >= 0.6 is 0 Å². The van der Waals surface area contributed by atoms with Crippen molar-refractivity contribution >= 4 is 0 Å². The van der Waals surface area contributed by atoms with E-state index < -0.39 is 6.17 Å². The lowest BCUT2D eigenvalue weighted by Gasteiger charge is -2.35. The summed E-state index contributed by atoms with van der Waals surface area (Å²) in [5.74, 6) is 0.814. The largest absolute Gasteiger partial charge is 0.308 e. The molecule has 0 aromatic rings. The van der Waals surface area contributed by atoms with Crippen molar-refractivity contribution < 1.29 is 4.39 Å². The Morgan fingerprint density at radius 1 is 1.33 bits per heavy atom. The van der Waals surface area contributed by atoms with Crippen LogP contribution in [-0.2, 0) is 0 Å². The van der Waals surface area contributed by atoms with Crippen LogP contribution in [0.25, 0.3) is 0 Å². The molecule has 0 spiro atoms. The van der Waals surface area contributed by atoms with E-state index in [-0.39, 0.29) is 6.04 Å². The monoisotopic (exact) mass is 171 g/mol. The average Bonchev–Trinajstić information content (AvgIpc) is 2.41. The molecule has 1 N–H and O–H groups in total. The fraction of sp³-hybridized carbons (Fsp3) is 1.00. The van der Waals surface area contributed by atoms with Crippen molar-refractivity contribution in [3.05, 3.63) is 0 Å². The summed E-state index contributed by atoms with van der Waals surface area (Å²) in [6.07, 6.45) is 2.70. The predicted octanol–water partition coefficient (Wildman–Crippen LogP) is 2.12. The van der Waals surface area contributed by atoms with Crippen LogP contribution in [0, 0.1) is 11.8 Å². The molecule has 2 heterocycles. The topological polar surface area (TPSA) is 12.0 Å². The summed E-state index contributed by atoms with van der Waals surface area (Å²) < 4.78 is 13.7. The average molecular weight is 171 g/mol. The molecule has 2 aliphatic rings. The second kappa shape index (κ2) is 2.99. The minimum absolute atomic E-state index is 0.177. The van der Waals surface area contributed by atoms with E-state index >= 15 is 0 Å². The van der Waals surface area contributed by atoms with Crippen LogP contribution < -0.4 is 5.32 Å². The summed E-state index contributed by atoms with van der Waals surface area (Å²) in [6, 6.07) is 0.797. The minimum atomic E-state index is -0.594. The first kappa shape index (κ1) is 8.49. The van der Waals surface area contributed by atoms with Crippen molar-refractivity contribution in [1.82, 2.24) is 5.32 Å². The van der Waals surface area contributed by atoms with Gasteiger partial charge in [0, 0.05) is 12.1 Å². The number of piperidine rings is 1. The van der Waals surface area contributed by atoms with Crippen molar-refractivity contribution in [2.75, 3.05) is 0 Å². The lowest BCUT2D eigenvalue weighted by Crippen LogP contribution is -2.48. The molecule has 0 aromatic carbocycles. The minimum Gasteiger partial charge on any atom is -0.308 e. The highest BCUT2D eigenvalue weighted by Gasteiger charge is 2.42. The molecule has 70 valence electrons. The molecule has 2 rings (SSSR count). The molecule has 0 radical (unpaired) electrons. The fourth-order valence-electron chi connectivity index (χ4n) is 2.68. The van der Waals surface area contributed by atoms with Gasteiger partial charge in [-0.3, -0.25) is 0 Å².